The van der Waals surface area contributed by atoms with Crippen molar-refractivity contribution in [1.29, 1.82) is 0 Å². The topological polar surface area (TPSA) is 0 Å². The van der Waals surface area contributed by atoms with Gasteiger partial charge < -0.3 is 0 Å². The minimum atomic E-state index is 0.850. The second-order valence-corrected chi connectivity index (χ2v) is 17.0. The minimum Gasteiger partial charge on any atom is -0.0628 e. The predicted molar refractivity (Wildman–Crippen MR) is 200 cm³/mol. The summed E-state index contributed by atoms with van der Waals surface area (Å²) >= 11 is 0. The molecule has 0 heterocycles. The first-order valence-electron chi connectivity index (χ1n) is 20.6. The van der Waals surface area contributed by atoms with Crippen LogP contribution in [0.5, 0.6) is 0 Å². The fraction of sp³-hybridized carbons (Fsp3) is 1.00. The van der Waals surface area contributed by atoms with Crippen molar-refractivity contribution < 1.29 is 0 Å². The molecule has 0 N–H and O–H groups in total. The fourth-order valence-electron chi connectivity index (χ4n) is 7.34. The molecule has 0 aliphatic heterocycles. The molecule has 0 aromatic heterocycles. The smallest absolute Gasteiger partial charge is 0.0388 e. The summed E-state index contributed by atoms with van der Waals surface area (Å²) in [7, 11) is 0. The molecule has 4 atom stereocenters. The van der Waals surface area contributed by atoms with Crippen LogP contribution in [0.4, 0.5) is 0 Å². The molecular formula is C43H88. The van der Waals surface area contributed by atoms with Crippen molar-refractivity contribution >= 4 is 0 Å². The van der Waals surface area contributed by atoms with Crippen LogP contribution in [0.1, 0.15) is 236 Å². The molecule has 0 radical (unpaired) electrons. The van der Waals surface area contributed by atoms with Gasteiger partial charge in [-0.3, -0.25) is 0 Å². The Bertz CT molecular complexity index is 530. The van der Waals surface area contributed by atoms with Gasteiger partial charge in [0.1, 0.15) is 0 Å². The SMILES string of the molecule is CC(C)CCCCCCCCC(C)CCCCCCCCC(C)CCC(CC(C)CCCCCCCCC(C)C)C(C)C. The highest BCUT2D eigenvalue weighted by atomic mass is 14.2. The Balaban J connectivity index is 3.68. The zero-order valence-corrected chi connectivity index (χ0v) is 32.1. The Morgan fingerprint density at radius 1 is 0.256 bits per heavy atom. The van der Waals surface area contributed by atoms with Crippen LogP contribution in [-0.4, -0.2) is 0 Å². The van der Waals surface area contributed by atoms with E-state index >= 15 is 0 Å². The van der Waals surface area contributed by atoms with Crippen molar-refractivity contribution in [2.75, 3.05) is 0 Å². The van der Waals surface area contributed by atoms with Crippen LogP contribution in [0.2, 0.25) is 0 Å². The normalized spacial score (nSPS) is 15.1. The molecule has 0 saturated heterocycles. The Labute approximate surface area is 276 Å². The largest absolute Gasteiger partial charge is 0.0628 e. The molecular weight excluding hydrogens is 516 g/mol. The molecule has 0 aromatic rings. The second kappa shape index (κ2) is 30.6. The zero-order chi connectivity index (χ0) is 32.1. The fourth-order valence-corrected chi connectivity index (χ4v) is 7.34. The third kappa shape index (κ3) is 31.8. The summed E-state index contributed by atoms with van der Waals surface area (Å²) in [5.41, 5.74) is 0. The molecule has 0 heteroatoms. The van der Waals surface area contributed by atoms with Gasteiger partial charge >= 0.3 is 0 Å². The lowest BCUT2D eigenvalue weighted by atomic mass is 9.80. The van der Waals surface area contributed by atoms with Gasteiger partial charge in [0.2, 0.25) is 0 Å². The van der Waals surface area contributed by atoms with E-state index in [1.807, 2.05) is 0 Å². The first-order valence-corrected chi connectivity index (χ1v) is 20.6. The first kappa shape index (κ1) is 43.0. The van der Waals surface area contributed by atoms with Gasteiger partial charge in [-0.1, -0.05) is 223 Å². The van der Waals surface area contributed by atoms with Gasteiger partial charge in [-0.05, 0) is 54.3 Å². The molecule has 43 heavy (non-hydrogen) atoms. The van der Waals surface area contributed by atoms with Crippen LogP contribution in [0, 0.1) is 41.4 Å². The Kier molecular flexibility index (Phi) is 30.6. The summed E-state index contributed by atoms with van der Waals surface area (Å²) in [4.78, 5) is 0. The average molecular weight is 605 g/mol. The van der Waals surface area contributed by atoms with Gasteiger partial charge in [-0.2, -0.15) is 0 Å². The average Bonchev–Trinajstić information content (AvgIpc) is 2.94. The monoisotopic (exact) mass is 605 g/mol. The quantitative estimate of drug-likeness (QED) is 0.0654. The molecule has 0 fully saturated rings. The maximum Gasteiger partial charge on any atom is -0.0388 e. The van der Waals surface area contributed by atoms with Crippen LogP contribution in [0.3, 0.4) is 0 Å². The summed E-state index contributed by atoms with van der Waals surface area (Å²) in [6.07, 6.45) is 39.5. The highest BCUT2D eigenvalue weighted by molar-refractivity contribution is 4.69. The Morgan fingerprint density at radius 2 is 0.535 bits per heavy atom. The van der Waals surface area contributed by atoms with Crippen molar-refractivity contribution in [3.8, 4) is 0 Å². The van der Waals surface area contributed by atoms with Crippen LogP contribution in [0.15, 0.2) is 0 Å². The maximum absolute atomic E-state index is 2.54. The molecule has 0 rings (SSSR count). The van der Waals surface area contributed by atoms with Gasteiger partial charge in [-0.25, -0.2) is 0 Å². The second-order valence-electron chi connectivity index (χ2n) is 17.0. The molecule has 0 aliphatic rings. The third-order valence-electron chi connectivity index (χ3n) is 10.8. The van der Waals surface area contributed by atoms with Crippen molar-refractivity contribution in [3.63, 3.8) is 0 Å². The third-order valence-corrected chi connectivity index (χ3v) is 10.8. The lowest BCUT2D eigenvalue weighted by Gasteiger charge is -2.26. The predicted octanol–water partition coefficient (Wildman–Crippen LogP) is 16.0. The Morgan fingerprint density at radius 3 is 0.860 bits per heavy atom. The maximum atomic E-state index is 2.54. The summed E-state index contributed by atoms with van der Waals surface area (Å²) < 4.78 is 0. The van der Waals surface area contributed by atoms with E-state index in [4.69, 9.17) is 0 Å². The van der Waals surface area contributed by atoms with Crippen LogP contribution >= 0.6 is 0 Å². The van der Waals surface area contributed by atoms with Gasteiger partial charge in [0, 0.05) is 0 Å². The van der Waals surface area contributed by atoms with E-state index in [1.54, 1.807) is 0 Å². The number of hydrogen-bond acceptors (Lipinski definition) is 0. The lowest BCUT2D eigenvalue weighted by molar-refractivity contribution is 0.257. The molecule has 0 nitrogen and oxygen atoms in total. The van der Waals surface area contributed by atoms with Gasteiger partial charge in [0.25, 0.3) is 0 Å². The molecule has 0 aliphatic carbocycles. The van der Waals surface area contributed by atoms with Crippen LogP contribution in [-0.2, 0) is 0 Å². The standard InChI is InChI=1S/C43H88/c1-37(2)28-22-16-10-12-18-24-30-40(7)31-25-19-14-15-20-26-32-41(8)34-35-43(39(5)6)36-42(9)33-27-21-13-11-17-23-29-38(3)4/h37-43H,10-36H2,1-9H3. The molecule has 0 amide bonds. The highest BCUT2D eigenvalue weighted by Gasteiger charge is 2.18. The van der Waals surface area contributed by atoms with E-state index < -0.39 is 0 Å². The van der Waals surface area contributed by atoms with Crippen molar-refractivity contribution in [3.05, 3.63) is 0 Å². The van der Waals surface area contributed by atoms with E-state index in [0.29, 0.717) is 0 Å². The van der Waals surface area contributed by atoms with Crippen molar-refractivity contribution in [2.24, 2.45) is 41.4 Å². The molecule has 260 valence electrons. The van der Waals surface area contributed by atoms with Gasteiger partial charge in [-0.15, -0.1) is 0 Å². The van der Waals surface area contributed by atoms with Gasteiger partial charge in [0.05, 0.1) is 0 Å². The molecule has 0 saturated carbocycles. The van der Waals surface area contributed by atoms with E-state index in [2.05, 4.69) is 62.3 Å². The van der Waals surface area contributed by atoms with E-state index in [0.717, 1.165) is 41.4 Å². The number of unbranched alkanes of at least 4 members (excludes halogenated alkanes) is 15. The van der Waals surface area contributed by atoms with E-state index in [9.17, 15) is 0 Å². The highest BCUT2D eigenvalue weighted by Crippen LogP contribution is 2.30. The summed E-state index contributed by atoms with van der Waals surface area (Å²) in [6.45, 7) is 22.0. The lowest BCUT2D eigenvalue weighted by Crippen LogP contribution is -2.14. The van der Waals surface area contributed by atoms with E-state index in [-0.39, 0.29) is 0 Å². The van der Waals surface area contributed by atoms with Crippen LogP contribution < -0.4 is 0 Å². The van der Waals surface area contributed by atoms with Crippen molar-refractivity contribution in [2.45, 2.75) is 236 Å². The number of hydrogen-bond donors (Lipinski definition) is 0. The van der Waals surface area contributed by atoms with Crippen LogP contribution in [0.25, 0.3) is 0 Å². The molecule has 4 unspecified atom stereocenters. The zero-order valence-electron chi connectivity index (χ0n) is 32.1. The molecule has 0 aromatic carbocycles. The summed E-state index contributed by atoms with van der Waals surface area (Å²) in [5, 5.41) is 0. The van der Waals surface area contributed by atoms with Crippen molar-refractivity contribution in [1.82, 2.24) is 0 Å². The number of rotatable bonds is 33. The summed E-state index contributed by atoms with van der Waals surface area (Å²) in [5.74, 6) is 6.36. The molecule has 0 spiro atoms. The molecule has 0 bridgehead atoms. The first-order chi connectivity index (χ1) is 20.6. The minimum absolute atomic E-state index is 0.850. The Hall–Kier alpha value is 0. The summed E-state index contributed by atoms with van der Waals surface area (Å²) in [6, 6.07) is 0. The van der Waals surface area contributed by atoms with E-state index in [1.165, 1.54) is 173 Å². The van der Waals surface area contributed by atoms with Gasteiger partial charge in [0.15, 0.2) is 0 Å².